The third kappa shape index (κ3) is 2.96. The van der Waals surface area contributed by atoms with Crippen molar-refractivity contribution in [2.24, 2.45) is 0 Å². The van der Waals surface area contributed by atoms with E-state index in [1.165, 1.54) is 16.2 Å². The average molecular weight is 288 g/mol. The van der Waals surface area contributed by atoms with Crippen LogP contribution >= 0.6 is 11.3 Å². The van der Waals surface area contributed by atoms with Crippen molar-refractivity contribution in [3.05, 3.63) is 57.3 Å². The molecule has 0 radical (unpaired) electrons. The molecule has 20 heavy (non-hydrogen) atoms. The molecule has 2 rings (SSSR count). The number of aryl methyl sites for hydroxylation is 1. The number of carboxylic acid groups (broad SMARTS) is 1. The Morgan fingerprint density at radius 1 is 1.15 bits per heavy atom. The molecule has 1 N–H and O–H groups in total. The number of thiophene rings is 1. The highest BCUT2D eigenvalue weighted by Gasteiger charge is 2.15. The molecule has 0 fully saturated rings. The molecule has 1 atom stereocenters. The number of carbonyl (C=O) groups excluding carboxylic acids is 1. The van der Waals surface area contributed by atoms with Crippen molar-refractivity contribution in [1.29, 1.82) is 0 Å². The Kier molecular flexibility index (Phi) is 4.35. The summed E-state index contributed by atoms with van der Waals surface area (Å²) in [6, 6.07) is 10.6. The first-order valence-electron chi connectivity index (χ1n) is 6.49. The smallest absolute Gasteiger partial charge is 0.310 e. The molecule has 0 aliphatic rings. The van der Waals surface area contributed by atoms with Gasteiger partial charge >= 0.3 is 5.97 Å². The van der Waals surface area contributed by atoms with Crippen LogP contribution in [0.25, 0.3) is 0 Å². The van der Waals surface area contributed by atoms with E-state index in [-0.39, 0.29) is 5.78 Å². The van der Waals surface area contributed by atoms with Crippen LogP contribution in [0.1, 0.15) is 45.4 Å². The fourth-order valence-corrected chi connectivity index (χ4v) is 2.81. The van der Waals surface area contributed by atoms with Gasteiger partial charge in [0.2, 0.25) is 5.78 Å². The fourth-order valence-electron chi connectivity index (χ4n) is 1.90. The van der Waals surface area contributed by atoms with E-state index >= 15 is 0 Å². The van der Waals surface area contributed by atoms with E-state index in [1.807, 2.05) is 12.1 Å². The normalized spacial score (nSPS) is 12.1. The van der Waals surface area contributed by atoms with E-state index in [2.05, 4.69) is 6.92 Å². The molecule has 1 aromatic carbocycles. The SMILES string of the molecule is CCc1ccc(C(=O)c2ccc([C@H](C)C(=O)O)cc2)s1. The molecule has 0 saturated carbocycles. The first-order chi connectivity index (χ1) is 9.52. The van der Waals surface area contributed by atoms with Crippen LogP contribution in [0, 0.1) is 0 Å². The lowest BCUT2D eigenvalue weighted by Crippen LogP contribution is -2.07. The monoisotopic (exact) mass is 288 g/mol. The number of benzene rings is 1. The maximum atomic E-state index is 12.3. The van der Waals surface area contributed by atoms with Crippen LogP contribution in [-0.2, 0) is 11.2 Å². The molecule has 2 aromatic rings. The maximum absolute atomic E-state index is 12.3. The lowest BCUT2D eigenvalue weighted by Gasteiger charge is -2.07. The molecule has 0 aliphatic heterocycles. The fraction of sp³-hybridized carbons (Fsp3) is 0.250. The molecule has 0 saturated heterocycles. The van der Waals surface area contributed by atoms with Gasteiger partial charge in [0.1, 0.15) is 0 Å². The van der Waals surface area contributed by atoms with Crippen molar-refractivity contribution in [2.45, 2.75) is 26.2 Å². The summed E-state index contributed by atoms with van der Waals surface area (Å²) in [5.41, 5.74) is 1.30. The van der Waals surface area contributed by atoms with E-state index in [0.717, 1.165) is 11.3 Å². The molecule has 104 valence electrons. The van der Waals surface area contributed by atoms with E-state index in [1.54, 1.807) is 31.2 Å². The summed E-state index contributed by atoms with van der Waals surface area (Å²) in [5.74, 6) is -1.44. The van der Waals surface area contributed by atoms with Crippen LogP contribution in [0.3, 0.4) is 0 Å². The summed E-state index contributed by atoms with van der Waals surface area (Å²) in [6.45, 7) is 3.69. The van der Waals surface area contributed by atoms with E-state index in [4.69, 9.17) is 5.11 Å². The Bertz CT molecular complexity index is 625. The minimum absolute atomic E-state index is 0.00997. The highest BCUT2D eigenvalue weighted by molar-refractivity contribution is 7.14. The number of hydrogen-bond acceptors (Lipinski definition) is 3. The average Bonchev–Trinajstić information content (AvgIpc) is 2.94. The van der Waals surface area contributed by atoms with Gasteiger partial charge in [-0.2, -0.15) is 0 Å². The zero-order chi connectivity index (χ0) is 14.7. The Balaban J connectivity index is 2.21. The van der Waals surface area contributed by atoms with Crippen molar-refractivity contribution < 1.29 is 14.7 Å². The number of hydrogen-bond donors (Lipinski definition) is 1. The van der Waals surface area contributed by atoms with Gasteiger partial charge in [-0.25, -0.2) is 0 Å². The second-order valence-corrected chi connectivity index (χ2v) is 5.80. The van der Waals surface area contributed by atoms with Crippen LogP contribution in [0.2, 0.25) is 0 Å². The molecular formula is C16H16O3S. The molecule has 4 heteroatoms. The second-order valence-electron chi connectivity index (χ2n) is 4.63. The molecule has 0 amide bonds. The van der Waals surface area contributed by atoms with E-state index in [9.17, 15) is 9.59 Å². The van der Waals surface area contributed by atoms with Crippen LogP contribution in [0.15, 0.2) is 36.4 Å². The van der Waals surface area contributed by atoms with Crippen molar-refractivity contribution >= 4 is 23.1 Å². The number of ketones is 1. The number of carboxylic acids is 1. The highest BCUT2D eigenvalue weighted by Crippen LogP contribution is 2.22. The molecule has 0 aliphatic carbocycles. The van der Waals surface area contributed by atoms with Gasteiger partial charge in [-0.1, -0.05) is 31.2 Å². The van der Waals surface area contributed by atoms with Crippen LogP contribution in [0.4, 0.5) is 0 Å². The van der Waals surface area contributed by atoms with E-state index < -0.39 is 11.9 Å². The first-order valence-corrected chi connectivity index (χ1v) is 7.30. The quantitative estimate of drug-likeness (QED) is 0.853. The molecule has 0 spiro atoms. The van der Waals surface area contributed by atoms with Crippen molar-refractivity contribution in [2.75, 3.05) is 0 Å². The van der Waals surface area contributed by atoms with Gasteiger partial charge in [0.05, 0.1) is 10.8 Å². The summed E-state index contributed by atoms with van der Waals surface area (Å²) < 4.78 is 0. The first kappa shape index (κ1) is 14.5. The van der Waals surface area contributed by atoms with Gasteiger partial charge < -0.3 is 5.11 Å². The predicted molar refractivity (Wildman–Crippen MR) is 79.6 cm³/mol. The van der Waals surface area contributed by atoms with Gasteiger partial charge in [-0.05, 0) is 31.0 Å². The van der Waals surface area contributed by atoms with Crippen molar-refractivity contribution in [3.63, 3.8) is 0 Å². The lowest BCUT2D eigenvalue weighted by molar-refractivity contribution is -0.138. The Morgan fingerprint density at radius 2 is 1.80 bits per heavy atom. The summed E-state index contributed by atoms with van der Waals surface area (Å²) in [4.78, 5) is 25.1. The third-order valence-corrected chi connectivity index (χ3v) is 4.51. The summed E-state index contributed by atoms with van der Waals surface area (Å²) in [5, 5.41) is 8.96. The molecule has 1 aromatic heterocycles. The second kappa shape index (κ2) is 6.01. The number of aliphatic carboxylic acids is 1. The Morgan fingerprint density at radius 3 is 2.30 bits per heavy atom. The standard InChI is InChI=1S/C16H16O3S/c1-3-13-8-9-14(20-13)15(17)12-6-4-11(5-7-12)10(2)16(18)19/h4-10H,3H2,1-2H3,(H,18,19)/t10-/m0/s1. The van der Waals surface area contributed by atoms with Crippen LogP contribution in [0.5, 0.6) is 0 Å². The molecule has 1 heterocycles. The summed E-state index contributed by atoms with van der Waals surface area (Å²) >= 11 is 1.51. The topological polar surface area (TPSA) is 54.4 Å². The van der Waals surface area contributed by atoms with Crippen LogP contribution in [-0.4, -0.2) is 16.9 Å². The van der Waals surface area contributed by atoms with Crippen LogP contribution < -0.4 is 0 Å². The highest BCUT2D eigenvalue weighted by atomic mass is 32.1. The van der Waals surface area contributed by atoms with Gasteiger partial charge in [-0.3, -0.25) is 9.59 Å². The third-order valence-electron chi connectivity index (χ3n) is 3.28. The van der Waals surface area contributed by atoms with Crippen molar-refractivity contribution in [1.82, 2.24) is 0 Å². The zero-order valence-electron chi connectivity index (χ0n) is 11.4. The Labute approximate surface area is 121 Å². The molecule has 0 bridgehead atoms. The number of rotatable bonds is 5. The van der Waals surface area contributed by atoms with E-state index in [0.29, 0.717) is 11.1 Å². The van der Waals surface area contributed by atoms with Gasteiger partial charge in [-0.15, -0.1) is 11.3 Å². The molecular weight excluding hydrogens is 272 g/mol. The maximum Gasteiger partial charge on any atom is 0.310 e. The van der Waals surface area contributed by atoms with Gasteiger partial charge in [0, 0.05) is 10.4 Å². The Hall–Kier alpha value is -1.94. The predicted octanol–water partition coefficient (Wildman–Crippen LogP) is 3.73. The largest absolute Gasteiger partial charge is 0.481 e. The number of carbonyl (C=O) groups is 2. The summed E-state index contributed by atoms with van der Waals surface area (Å²) in [6.07, 6.45) is 0.924. The molecule has 0 unspecified atom stereocenters. The lowest BCUT2D eigenvalue weighted by atomic mass is 9.99. The minimum atomic E-state index is -0.866. The van der Waals surface area contributed by atoms with Gasteiger partial charge in [0.25, 0.3) is 0 Å². The summed E-state index contributed by atoms with van der Waals surface area (Å²) in [7, 11) is 0. The van der Waals surface area contributed by atoms with Crippen molar-refractivity contribution in [3.8, 4) is 0 Å². The molecule has 3 nitrogen and oxygen atoms in total. The van der Waals surface area contributed by atoms with Gasteiger partial charge in [0.15, 0.2) is 0 Å². The zero-order valence-corrected chi connectivity index (χ0v) is 12.2. The minimum Gasteiger partial charge on any atom is -0.481 e.